The Morgan fingerprint density at radius 3 is 2.26 bits per heavy atom. The zero-order valence-electron chi connectivity index (χ0n) is 13.3. The van der Waals surface area contributed by atoms with Gasteiger partial charge >= 0.3 is 0 Å². The van der Waals surface area contributed by atoms with Crippen molar-refractivity contribution in [1.29, 1.82) is 0 Å². The molecule has 0 bridgehead atoms. The van der Waals surface area contributed by atoms with Gasteiger partial charge in [-0.2, -0.15) is 0 Å². The second-order valence-corrected chi connectivity index (χ2v) is 7.69. The lowest BCUT2D eigenvalue weighted by atomic mass is 10.1. The summed E-state index contributed by atoms with van der Waals surface area (Å²) in [6.45, 7) is 5.31. The minimum Gasteiger partial charge on any atom is -0.506 e. The molecule has 0 heterocycles. The Balaban J connectivity index is 2.36. The van der Waals surface area contributed by atoms with Gasteiger partial charge in [-0.05, 0) is 44.2 Å². The summed E-state index contributed by atoms with van der Waals surface area (Å²) < 4.78 is 23.8. The molecule has 0 spiro atoms. The molecule has 0 unspecified atom stereocenters. The molecule has 0 aromatic heterocycles. The number of phenolic OH excluding ortho intramolecular Hbond substituents is 1. The van der Waals surface area contributed by atoms with Gasteiger partial charge in [-0.15, -0.1) is 0 Å². The lowest BCUT2D eigenvalue weighted by molar-refractivity contribution is 0.102. The van der Waals surface area contributed by atoms with Crippen LogP contribution in [0.4, 0.5) is 5.69 Å². The Bertz CT molecular complexity index is 837. The van der Waals surface area contributed by atoms with Crippen LogP contribution in [0, 0.1) is 13.8 Å². The summed E-state index contributed by atoms with van der Waals surface area (Å²) in [5.74, 6) is -0.640. The number of phenols is 1. The van der Waals surface area contributed by atoms with Crippen LogP contribution in [0.3, 0.4) is 0 Å². The van der Waals surface area contributed by atoms with E-state index in [4.69, 9.17) is 0 Å². The highest BCUT2D eigenvalue weighted by atomic mass is 32.2. The molecule has 0 radical (unpaired) electrons. The van der Waals surface area contributed by atoms with E-state index in [-0.39, 0.29) is 22.1 Å². The second-order valence-electron chi connectivity index (χ2n) is 5.41. The van der Waals surface area contributed by atoms with Gasteiger partial charge in [0, 0.05) is 5.56 Å². The van der Waals surface area contributed by atoms with Crippen molar-refractivity contribution in [3.05, 3.63) is 53.1 Å². The lowest BCUT2D eigenvalue weighted by Crippen LogP contribution is -2.13. The minimum atomic E-state index is -3.41. The van der Waals surface area contributed by atoms with Crippen molar-refractivity contribution in [2.24, 2.45) is 0 Å². The molecule has 0 fully saturated rings. The number of carbonyl (C=O) groups excluding carboxylic acids is 1. The van der Waals surface area contributed by atoms with Crippen LogP contribution in [0.15, 0.2) is 41.3 Å². The number of aromatic hydroxyl groups is 1. The topological polar surface area (TPSA) is 83.5 Å². The molecule has 0 atom stereocenters. The Labute approximate surface area is 135 Å². The summed E-state index contributed by atoms with van der Waals surface area (Å²) >= 11 is 0. The molecule has 0 aliphatic carbocycles. The molecule has 1 amide bonds. The SMILES string of the molecule is CCS(=O)(=O)c1ccc(O)c(NC(=O)c2cc(C)cc(C)c2)c1. The zero-order valence-corrected chi connectivity index (χ0v) is 14.1. The Hall–Kier alpha value is -2.34. The first-order valence-corrected chi connectivity index (χ1v) is 8.83. The van der Waals surface area contributed by atoms with Crippen LogP contribution in [-0.2, 0) is 9.84 Å². The van der Waals surface area contributed by atoms with Crippen LogP contribution in [0.5, 0.6) is 5.75 Å². The summed E-state index contributed by atoms with van der Waals surface area (Å²) in [4.78, 5) is 12.4. The molecule has 0 aliphatic rings. The van der Waals surface area contributed by atoms with Gasteiger partial charge in [0.05, 0.1) is 16.3 Å². The maximum Gasteiger partial charge on any atom is 0.255 e. The predicted molar refractivity (Wildman–Crippen MR) is 89.7 cm³/mol. The average molecular weight is 333 g/mol. The van der Waals surface area contributed by atoms with E-state index in [0.717, 1.165) is 11.1 Å². The Kier molecular flexibility index (Phi) is 4.75. The number of sulfone groups is 1. The predicted octanol–water partition coefficient (Wildman–Crippen LogP) is 3.05. The van der Waals surface area contributed by atoms with Crippen LogP contribution in [0.1, 0.15) is 28.4 Å². The molecule has 2 aromatic carbocycles. The summed E-state index contributed by atoms with van der Waals surface area (Å²) in [6.07, 6.45) is 0. The van der Waals surface area contributed by atoms with Crippen LogP contribution < -0.4 is 5.32 Å². The van der Waals surface area contributed by atoms with E-state index < -0.39 is 15.7 Å². The van der Waals surface area contributed by atoms with E-state index in [1.54, 1.807) is 12.1 Å². The zero-order chi connectivity index (χ0) is 17.2. The molecule has 5 nitrogen and oxygen atoms in total. The smallest absolute Gasteiger partial charge is 0.255 e. The van der Waals surface area contributed by atoms with Gasteiger partial charge in [0.25, 0.3) is 5.91 Å². The highest BCUT2D eigenvalue weighted by Crippen LogP contribution is 2.27. The van der Waals surface area contributed by atoms with Gasteiger partial charge in [-0.3, -0.25) is 4.79 Å². The normalized spacial score (nSPS) is 11.3. The number of hydrogen-bond donors (Lipinski definition) is 2. The first kappa shape index (κ1) is 17.0. The molecule has 6 heteroatoms. The maximum absolute atomic E-state index is 12.3. The summed E-state index contributed by atoms with van der Waals surface area (Å²) in [6, 6.07) is 9.26. The number of nitrogens with one attached hydrogen (secondary N) is 1. The molecular formula is C17H19NO4S. The van der Waals surface area contributed by atoms with Gasteiger partial charge in [0.15, 0.2) is 9.84 Å². The number of hydrogen-bond acceptors (Lipinski definition) is 4. The van der Waals surface area contributed by atoms with E-state index in [1.165, 1.54) is 25.1 Å². The van der Waals surface area contributed by atoms with Crippen LogP contribution in [0.25, 0.3) is 0 Å². The molecule has 2 aromatic rings. The highest BCUT2D eigenvalue weighted by Gasteiger charge is 2.16. The third kappa shape index (κ3) is 3.90. The summed E-state index contributed by atoms with van der Waals surface area (Å²) in [5, 5.41) is 12.4. The van der Waals surface area contributed by atoms with E-state index >= 15 is 0 Å². The Morgan fingerprint density at radius 2 is 1.70 bits per heavy atom. The van der Waals surface area contributed by atoms with Crippen LogP contribution >= 0.6 is 0 Å². The highest BCUT2D eigenvalue weighted by molar-refractivity contribution is 7.91. The third-order valence-electron chi connectivity index (χ3n) is 3.44. The molecule has 2 N–H and O–H groups in total. The fraction of sp³-hybridized carbons (Fsp3) is 0.235. The Morgan fingerprint density at radius 1 is 1.09 bits per heavy atom. The van der Waals surface area contributed by atoms with E-state index in [9.17, 15) is 18.3 Å². The number of rotatable bonds is 4. The van der Waals surface area contributed by atoms with Gasteiger partial charge in [-0.25, -0.2) is 8.42 Å². The fourth-order valence-electron chi connectivity index (χ4n) is 2.28. The van der Waals surface area contributed by atoms with Crippen molar-refractivity contribution in [2.45, 2.75) is 25.7 Å². The number of amides is 1. The van der Waals surface area contributed by atoms with Gasteiger partial charge in [0.2, 0.25) is 0 Å². The molecular weight excluding hydrogens is 314 g/mol. The largest absolute Gasteiger partial charge is 0.506 e. The third-order valence-corrected chi connectivity index (χ3v) is 5.17. The lowest BCUT2D eigenvalue weighted by Gasteiger charge is -2.10. The minimum absolute atomic E-state index is 0.0533. The molecule has 0 aliphatic heterocycles. The van der Waals surface area contributed by atoms with Crippen molar-refractivity contribution in [1.82, 2.24) is 0 Å². The van der Waals surface area contributed by atoms with E-state index in [0.29, 0.717) is 5.56 Å². The monoisotopic (exact) mass is 333 g/mol. The number of benzene rings is 2. The fourth-order valence-corrected chi connectivity index (χ4v) is 3.18. The summed E-state index contributed by atoms with van der Waals surface area (Å²) in [5.41, 5.74) is 2.41. The first-order valence-electron chi connectivity index (χ1n) is 7.18. The second kappa shape index (κ2) is 6.42. The van der Waals surface area contributed by atoms with E-state index in [1.807, 2.05) is 19.9 Å². The molecule has 23 heavy (non-hydrogen) atoms. The molecule has 2 rings (SSSR count). The van der Waals surface area contributed by atoms with Crippen molar-refractivity contribution in [2.75, 3.05) is 11.1 Å². The molecule has 0 saturated carbocycles. The van der Waals surface area contributed by atoms with Crippen molar-refractivity contribution >= 4 is 21.4 Å². The van der Waals surface area contributed by atoms with Crippen molar-refractivity contribution < 1.29 is 18.3 Å². The average Bonchev–Trinajstić information content (AvgIpc) is 2.48. The van der Waals surface area contributed by atoms with Crippen LogP contribution in [0.2, 0.25) is 0 Å². The van der Waals surface area contributed by atoms with Gasteiger partial charge < -0.3 is 10.4 Å². The first-order chi connectivity index (χ1) is 10.7. The number of carbonyl (C=O) groups is 1. The van der Waals surface area contributed by atoms with E-state index in [2.05, 4.69) is 5.32 Å². The van der Waals surface area contributed by atoms with Crippen molar-refractivity contribution in [3.8, 4) is 5.75 Å². The maximum atomic E-state index is 12.3. The van der Waals surface area contributed by atoms with Crippen molar-refractivity contribution in [3.63, 3.8) is 0 Å². The molecule has 0 saturated heterocycles. The van der Waals surface area contributed by atoms with Crippen LogP contribution in [-0.4, -0.2) is 25.2 Å². The standard InChI is InChI=1S/C17H19NO4S/c1-4-23(21,22)14-5-6-16(19)15(10-14)18-17(20)13-8-11(2)7-12(3)9-13/h5-10,19H,4H2,1-3H3,(H,18,20). The van der Waals surface area contributed by atoms with Gasteiger partial charge in [0.1, 0.15) is 5.75 Å². The number of aryl methyl sites for hydroxylation is 2. The number of anilines is 1. The summed E-state index contributed by atoms with van der Waals surface area (Å²) in [7, 11) is -3.41. The quantitative estimate of drug-likeness (QED) is 0.842. The molecule has 122 valence electrons. The van der Waals surface area contributed by atoms with Gasteiger partial charge in [-0.1, -0.05) is 24.1 Å².